The molecule has 0 aliphatic carbocycles. The standard InChI is InChI=1S/C20H21N3O2S/c1-14-3-6-16(7-4-14)21-20-22-17(12-26-20)11-23(2)10-15-5-8-18-19(9-15)25-13-24-18/h3-9,12H,10-11,13H2,1-2H3,(H,21,22). The van der Waals surface area contributed by atoms with Crippen LogP contribution in [0.15, 0.2) is 47.8 Å². The summed E-state index contributed by atoms with van der Waals surface area (Å²) in [5.74, 6) is 1.65. The highest BCUT2D eigenvalue weighted by atomic mass is 32.1. The number of fused-ring (bicyclic) bond motifs is 1. The highest BCUT2D eigenvalue weighted by Crippen LogP contribution is 2.32. The molecule has 5 nitrogen and oxygen atoms in total. The molecule has 0 radical (unpaired) electrons. The van der Waals surface area contributed by atoms with Crippen LogP contribution < -0.4 is 14.8 Å². The molecule has 134 valence electrons. The number of rotatable bonds is 6. The molecule has 0 unspecified atom stereocenters. The molecule has 2 heterocycles. The van der Waals surface area contributed by atoms with Gasteiger partial charge in [0, 0.05) is 24.2 Å². The summed E-state index contributed by atoms with van der Waals surface area (Å²) in [6.07, 6.45) is 0. The van der Waals surface area contributed by atoms with E-state index in [0.29, 0.717) is 6.79 Å². The topological polar surface area (TPSA) is 46.6 Å². The second kappa shape index (κ2) is 7.35. The lowest BCUT2D eigenvalue weighted by molar-refractivity contribution is 0.174. The molecule has 0 saturated heterocycles. The molecular formula is C20H21N3O2S. The van der Waals surface area contributed by atoms with Crippen molar-refractivity contribution in [1.82, 2.24) is 9.88 Å². The SMILES string of the molecule is Cc1ccc(Nc2nc(CN(C)Cc3ccc4c(c3)OCO4)cs2)cc1. The van der Waals surface area contributed by atoms with Crippen molar-refractivity contribution in [3.8, 4) is 11.5 Å². The fourth-order valence-corrected chi connectivity index (χ4v) is 3.60. The van der Waals surface area contributed by atoms with Crippen LogP contribution in [0.5, 0.6) is 11.5 Å². The second-order valence-electron chi connectivity index (χ2n) is 6.49. The minimum absolute atomic E-state index is 0.310. The predicted octanol–water partition coefficient (Wildman–Crippen LogP) is 4.56. The molecule has 0 bridgehead atoms. The van der Waals surface area contributed by atoms with Gasteiger partial charge in [-0.2, -0.15) is 0 Å². The average molecular weight is 367 g/mol. The lowest BCUT2D eigenvalue weighted by Gasteiger charge is -2.15. The van der Waals surface area contributed by atoms with Crippen LogP contribution in [-0.4, -0.2) is 23.7 Å². The van der Waals surface area contributed by atoms with Crippen LogP contribution in [0.4, 0.5) is 10.8 Å². The van der Waals surface area contributed by atoms with Gasteiger partial charge in [0.15, 0.2) is 16.6 Å². The summed E-state index contributed by atoms with van der Waals surface area (Å²) in [5, 5.41) is 6.38. The van der Waals surface area contributed by atoms with E-state index >= 15 is 0 Å². The quantitative estimate of drug-likeness (QED) is 0.692. The Hall–Kier alpha value is -2.57. The van der Waals surface area contributed by atoms with Crippen molar-refractivity contribution >= 4 is 22.2 Å². The first kappa shape index (κ1) is 16.9. The molecule has 1 N–H and O–H groups in total. The van der Waals surface area contributed by atoms with Crippen LogP contribution >= 0.6 is 11.3 Å². The minimum atomic E-state index is 0.310. The monoisotopic (exact) mass is 367 g/mol. The van der Waals surface area contributed by atoms with Crippen LogP contribution in [-0.2, 0) is 13.1 Å². The van der Waals surface area contributed by atoms with E-state index in [1.807, 2.05) is 12.1 Å². The second-order valence-corrected chi connectivity index (χ2v) is 7.35. The number of nitrogens with zero attached hydrogens (tertiary/aromatic N) is 2. The Morgan fingerprint density at radius 2 is 1.88 bits per heavy atom. The first-order chi connectivity index (χ1) is 12.7. The molecule has 26 heavy (non-hydrogen) atoms. The van der Waals surface area contributed by atoms with Crippen LogP contribution in [0.2, 0.25) is 0 Å². The van der Waals surface area contributed by atoms with E-state index < -0.39 is 0 Å². The van der Waals surface area contributed by atoms with Crippen LogP contribution in [0.25, 0.3) is 0 Å². The normalized spacial score (nSPS) is 12.6. The van der Waals surface area contributed by atoms with Crippen molar-refractivity contribution < 1.29 is 9.47 Å². The maximum atomic E-state index is 5.45. The first-order valence-corrected chi connectivity index (χ1v) is 9.39. The molecule has 4 rings (SSSR count). The smallest absolute Gasteiger partial charge is 0.231 e. The molecular weight excluding hydrogens is 346 g/mol. The summed E-state index contributed by atoms with van der Waals surface area (Å²) in [6.45, 7) is 4.01. The Kier molecular flexibility index (Phi) is 4.77. The molecule has 2 aromatic carbocycles. The summed E-state index contributed by atoms with van der Waals surface area (Å²) in [7, 11) is 2.09. The van der Waals surface area contributed by atoms with Crippen molar-refractivity contribution in [2.45, 2.75) is 20.0 Å². The van der Waals surface area contributed by atoms with Gasteiger partial charge in [-0.25, -0.2) is 4.98 Å². The Labute approximate surface area is 157 Å². The number of aryl methyl sites for hydroxylation is 1. The number of anilines is 2. The summed E-state index contributed by atoms with van der Waals surface area (Å²) >= 11 is 1.63. The predicted molar refractivity (Wildman–Crippen MR) is 104 cm³/mol. The van der Waals surface area contributed by atoms with Gasteiger partial charge in [-0.05, 0) is 43.8 Å². The van der Waals surface area contributed by atoms with Gasteiger partial charge in [-0.3, -0.25) is 4.90 Å². The zero-order valence-corrected chi connectivity index (χ0v) is 15.7. The third-order valence-corrected chi connectivity index (χ3v) is 4.98. The number of hydrogen-bond donors (Lipinski definition) is 1. The molecule has 0 fully saturated rings. The fourth-order valence-electron chi connectivity index (χ4n) is 2.88. The molecule has 3 aromatic rings. The van der Waals surface area contributed by atoms with E-state index in [0.717, 1.165) is 41.1 Å². The highest BCUT2D eigenvalue weighted by molar-refractivity contribution is 7.13. The molecule has 0 spiro atoms. The van der Waals surface area contributed by atoms with Gasteiger partial charge < -0.3 is 14.8 Å². The van der Waals surface area contributed by atoms with Gasteiger partial charge in [0.1, 0.15) is 0 Å². The van der Waals surface area contributed by atoms with E-state index in [9.17, 15) is 0 Å². The molecule has 1 aliphatic rings. The van der Waals surface area contributed by atoms with Crippen LogP contribution in [0, 0.1) is 6.92 Å². The number of aromatic nitrogens is 1. The zero-order valence-electron chi connectivity index (χ0n) is 14.9. The van der Waals surface area contributed by atoms with Gasteiger partial charge in [0.05, 0.1) is 5.69 Å². The zero-order chi connectivity index (χ0) is 17.9. The highest BCUT2D eigenvalue weighted by Gasteiger charge is 2.14. The molecule has 0 atom stereocenters. The van der Waals surface area contributed by atoms with Gasteiger partial charge in [-0.15, -0.1) is 11.3 Å². The minimum Gasteiger partial charge on any atom is -0.454 e. The number of nitrogens with one attached hydrogen (secondary N) is 1. The summed E-state index contributed by atoms with van der Waals surface area (Å²) in [5.41, 5.74) is 4.57. The first-order valence-electron chi connectivity index (χ1n) is 8.51. The number of thiazole rings is 1. The third kappa shape index (κ3) is 3.98. The van der Waals surface area contributed by atoms with E-state index in [2.05, 4.69) is 64.9 Å². The summed E-state index contributed by atoms with van der Waals surface area (Å²) in [6, 6.07) is 14.4. The van der Waals surface area contributed by atoms with Gasteiger partial charge in [0.2, 0.25) is 6.79 Å². The average Bonchev–Trinajstić information content (AvgIpc) is 3.25. The largest absolute Gasteiger partial charge is 0.454 e. The fraction of sp³-hybridized carbons (Fsp3) is 0.250. The molecule has 6 heteroatoms. The van der Waals surface area contributed by atoms with Crippen molar-refractivity contribution in [1.29, 1.82) is 0 Å². The van der Waals surface area contributed by atoms with E-state index in [4.69, 9.17) is 9.47 Å². The Morgan fingerprint density at radius 1 is 1.08 bits per heavy atom. The van der Waals surface area contributed by atoms with E-state index in [1.54, 1.807) is 11.3 Å². The summed E-state index contributed by atoms with van der Waals surface area (Å²) in [4.78, 5) is 6.93. The Bertz CT molecular complexity index is 892. The maximum Gasteiger partial charge on any atom is 0.231 e. The van der Waals surface area contributed by atoms with Crippen molar-refractivity contribution in [3.05, 3.63) is 64.7 Å². The lowest BCUT2D eigenvalue weighted by atomic mass is 10.2. The molecule has 1 aromatic heterocycles. The van der Waals surface area contributed by atoms with Crippen LogP contribution in [0.3, 0.4) is 0 Å². The molecule has 0 amide bonds. The van der Waals surface area contributed by atoms with Gasteiger partial charge in [0.25, 0.3) is 0 Å². The third-order valence-electron chi connectivity index (χ3n) is 4.18. The van der Waals surface area contributed by atoms with Crippen molar-refractivity contribution in [3.63, 3.8) is 0 Å². The number of ether oxygens (including phenoxy) is 2. The Balaban J connectivity index is 1.35. The van der Waals surface area contributed by atoms with Crippen LogP contribution in [0.1, 0.15) is 16.8 Å². The number of hydrogen-bond acceptors (Lipinski definition) is 6. The lowest BCUT2D eigenvalue weighted by Crippen LogP contribution is -2.17. The van der Waals surface area contributed by atoms with E-state index in [-0.39, 0.29) is 0 Å². The van der Waals surface area contributed by atoms with Crippen molar-refractivity contribution in [2.75, 3.05) is 19.2 Å². The van der Waals surface area contributed by atoms with Gasteiger partial charge >= 0.3 is 0 Å². The van der Waals surface area contributed by atoms with Gasteiger partial charge in [-0.1, -0.05) is 23.8 Å². The molecule has 0 saturated carbocycles. The molecule has 1 aliphatic heterocycles. The summed E-state index contributed by atoms with van der Waals surface area (Å²) < 4.78 is 10.8. The maximum absolute atomic E-state index is 5.45. The van der Waals surface area contributed by atoms with E-state index in [1.165, 1.54) is 11.1 Å². The Morgan fingerprint density at radius 3 is 2.73 bits per heavy atom. The number of benzene rings is 2. The van der Waals surface area contributed by atoms with Crippen molar-refractivity contribution in [2.24, 2.45) is 0 Å².